The van der Waals surface area contributed by atoms with Gasteiger partial charge in [0.15, 0.2) is 0 Å². The number of carbonyl (C=O) groups is 1. The van der Waals surface area contributed by atoms with E-state index in [1.165, 1.54) is 32.2 Å². The molecule has 0 aliphatic rings. The van der Waals surface area contributed by atoms with Crippen LogP contribution in [-0.4, -0.2) is 28.4 Å². The first kappa shape index (κ1) is 21.3. The van der Waals surface area contributed by atoms with Crippen LogP contribution in [0.1, 0.15) is 35.2 Å². The standard InChI is InChI=1S/C20H16F4N2O4/c1-10-25-26-19(30-10)14(9-17(27)28)11-6-12(8-13(7-11)20(22,23)24)18-15(21)4-3-5-16(18)29-2/h3-8,14H,9H2,1-2H3,(H,27,28). The molecule has 0 aliphatic heterocycles. The lowest BCUT2D eigenvalue weighted by atomic mass is 9.90. The average molecular weight is 424 g/mol. The van der Waals surface area contributed by atoms with Crippen LogP contribution in [0.15, 0.2) is 40.8 Å². The van der Waals surface area contributed by atoms with Gasteiger partial charge in [0.25, 0.3) is 0 Å². The van der Waals surface area contributed by atoms with E-state index >= 15 is 0 Å². The number of aromatic nitrogens is 2. The summed E-state index contributed by atoms with van der Waals surface area (Å²) in [6, 6.07) is 6.71. The molecule has 1 aromatic heterocycles. The molecule has 3 rings (SSSR count). The molecule has 3 aromatic rings. The molecule has 0 radical (unpaired) electrons. The van der Waals surface area contributed by atoms with Crippen molar-refractivity contribution in [1.29, 1.82) is 0 Å². The van der Waals surface area contributed by atoms with Gasteiger partial charge in [-0.15, -0.1) is 10.2 Å². The molecule has 1 unspecified atom stereocenters. The minimum atomic E-state index is -4.76. The minimum absolute atomic E-state index is 0.0312. The number of carboxylic acid groups (broad SMARTS) is 1. The number of methoxy groups -OCH3 is 1. The van der Waals surface area contributed by atoms with Crippen molar-refractivity contribution in [2.24, 2.45) is 0 Å². The van der Waals surface area contributed by atoms with Gasteiger partial charge >= 0.3 is 12.1 Å². The molecule has 158 valence electrons. The number of hydrogen-bond donors (Lipinski definition) is 1. The minimum Gasteiger partial charge on any atom is -0.496 e. The fraction of sp³-hybridized carbons (Fsp3) is 0.250. The monoisotopic (exact) mass is 424 g/mol. The van der Waals surface area contributed by atoms with Crippen molar-refractivity contribution >= 4 is 5.97 Å². The number of hydrogen-bond acceptors (Lipinski definition) is 5. The molecule has 0 bridgehead atoms. The maximum atomic E-state index is 14.5. The van der Waals surface area contributed by atoms with E-state index in [-0.39, 0.29) is 34.2 Å². The number of aliphatic carboxylic acids is 1. The van der Waals surface area contributed by atoms with Gasteiger partial charge in [0.05, 0.1) is 30.6 Å². The zero-order valence-electron chi connectivity index (χ0n) is 15.8. The van der Waals surface area contributed by atoms with Crippen LogP contribution < -0.4 is 4.74 Å². The molecule has 0 saturated carbocycles. The molecule has 1 N–H and O–H groups in total. The van der Waals surface area contributed by atoms with Gasteiger partial charge in [-0.1, -0.05) is 12.1 Å². The number of ether oxygens (including phenoxy) is 1. The smallest absolute Gasteiger partial charge is 0.416 e. The lowest BCUT2D eigenvalue weighted by Gasteiger charge is -2.18. The summed E-state index contributed by atoms with van der Waals surface area (Å²) in [5, 5.41) is 16.6. The van der Waals surface area contributed by atoms with E-state index in [2.05, 4.69) is 10.2 Å². The largest absolute Gasteiger partial charge is 0.496 e. The highest BCUT2D eigenvalue weighted by Gasteiger charge is 2.34. The molecule has 0 aliphatic carbocycles. The Hall–Kier alpha value is -3.43. The second kappa shape index (κ2) is 8.13. The van der Waals surface area contributed by atoms with Crippen LogP contribution in [0.4, 0.5) is 17.6 Å². The SMILES string of the molecule is COc1cccc(F)c1-c1cc(C(CC(=O)O)c2nnc(C)o2)cc(C(F)(F)F)c1. The van der Waals surface area contributed by atoms with Crippen LogP contribution in [-0.2, 0) is 11.0 Å². The summed E-state index contributed by atoms with van der Waals surface area (Å²) in [4.78, 5) is 11.4. The molecular weight excluding hydrogens is 408 g/mol. The van der Waals surface area contributed by atoms with Crippen molar-refractivity contribution in [3.05, 3.63) is 65.1 Å². The summed E-state index contributed by atoms with van der Waals surface area (Å²) in [6.07, 6.45) is -5.36. The first-order valence-corrected chi connectivity index (χ1v) is 8.67. The summed E-state index contributed by atoms with van der Waals surface area (Å²) >= 11 is 0. The zero-order valence-corrected chi connectivity index (χ0v) is 15.8. The fourth-order valence-electron chi connectivity index (χ4n) is 3.09. The molecule has 30 heavy (non-hydrogen) atoms. The fourth-order valence-corrected chi connectivity index (χ4v) is 3.09. The number of halogens is 4. The Bertz CT molecular complexity index is 1080. The van der Waals surface area contributed by atoms with Crippen molar-refractivity contribution in [2.45, 2.75) is 25.4 Å². The third kappa shape index (κ3) is 4.42. The second-order valence-electron chi connectivity index (χ2n) is 6.47. The number of carboxylic acids is 1. The normalized spacial score (nSPS) is 12.6. The summed E-state index contributed by atoms with van der Waals surface area (Å²) in [6.45, 7) is 1.47. The van der Waals surface area contributed by atoms with Crippen LogP contribution in [0.2, 0.25) is 0 Å². The van der Waals surface area contributed by atoms with Gasteiger partial charge in [0.2, 0.25) is 11.8 Å². The zero-order chi connectivity index (χ0) is 22.1. The van der Waals surface area contributed by atoms with E-state index in [1.807, 2.05) is 0 Å². The van der Waals surface area contributed by atoms with E-state index in [1.54, 1.807) is 0 Å². The lowest BCUT2D eigenvalue weighted by Crippen LogP contribution is -2.12. The Balaban J connectivity index is 2.27. The first-order valence-electron chi connectivity index (χ1n) is 8.67. The van der Waals surface area contributed by atoms with Crippen LogP contribution >= 0.6 is 0 Å². The number of alkyl halides is 3. The second-order valence-corrected chi connectivity index (χ2v) is 6.47. The highest BCUT2D eigenvalue weighted by Crippen LogP contribution is 2.40. The third-order valence-corrected chi connectivity index (χ3v) is 4.39. The number of benzene rings is 2. The van der Waals surface area contributed by atoms with Crippen LogP contribution in [0.5, 0.6) is 5.75 Å². The number of aryl methyl sites for hydroxylation is 1. The Labute approximate surface area is 168 Å². The van der Waals surface area contributed by atoms with Crippen molar-refractivity contribution in [2.75, 3.05) is 7.11 Å². The molecule has 0 amide bonds. The third-order valence-electron chi connectivity index (χ3n) is 4.39. The summed E-state index contributed by atoms with van der Waals surface area (Å²) in [5.74, 6) is -3.23. The maximum Gasteiger partial charge on any atom is 0.416 e. The van der Waals surface area contributed by atoms with Gasteiger partial charge in [-0.05, 0) is 35.4 Å². The Morgan fingerprint density at radius 1 is 1.23 bits per heavy atom. The van der Waals surface area contributed by atoms with Crippen LogP contribution in [0, 0.1) is 12.7 Å². The van der Waals surface area contributed by atoms with Crippen LogP contribution in [0.3, 0.4) is 0 Å². The molecule has 0 spiro atoms. The molecule has 1 atom stereocenters. The van der Waals surface area contributed by atoms with Gasteiger partial charge < -0.3 is 14.3 Å². The van der Waals surface area contributed by atoms with Crippen molar-refractivity contribution in [3.8, 4) is 16.9 Å². The molecule has 2 aromatic carbocycles. The summed E-state index contributed by atoms with van der Waals surface area (Å²) in [5.41, 5.74) is -1.44. The van der Waals surface area contributed by atoms with E-state index in [0.29, 0.717) is 0 Å². The highest BCUT2D eigenvalue weighted by atomic mass is 19.4. The molecule has 0 saturated heterocycles. The van der Waals surface area contributed by atoms with Crippen molar-refractivity contribution in [3.63, 3.8) is 0 Å². The van der Waals surface area contributed by atoms with Gasteiger partial charge in [0, 0.05) is 6.92 Å². The molecule has 10 heteroatoms. The van der Waals surface area contributed by atoms with Gasteiger partial charge in [-0.3, -0.25) is 4.79 Å². The number of rotatable bonds is 6. The highest BCUT2D eigenvalue weighted by molar-refractivity contribution is 5.74. The van der Waals surface area contributed by atoms with Crippen molar-refractivity contribution < 1.29 is 36.6 Å². The molecular formula is C20H16F4N2O4. The Morgan fingerprint density at radius 2 is 1.97 bits per heavy atom. The van der Waals surface area contributed by atoms with Crippen molar-refractivity contribution in [1.82, 2.24) is 10.2 Å². The molecule has 6 nitrogen and oxygen atoms in total. The predicted molar refractivity (Wildman–Crippen MR) is 96.5 cm³/mol. The average Bonchev–Trinajstić information content (AvgIpc) is 3.10. The van der Waals surface area contributed by atoms with E-state index < -0.39 is 35.9 Å². The van der Waals surface area contributed by atoms with Crippen LogP contribution in [0.25, 0.3) is 11.1 Å². The summed E-state index contributed by atoms with van der Waals surface area (Å²) < 4.78 is 65.7. The van der Waals surface area contributed by atoms with Gasteiger partial charge in [-0.25, -0.2) is 4.39 Å². The van der Waals surface area contributed by atoms with Gasteiger partial charge in [0.1, 0.15) is 11.6 Å². The van der Waals surface area contributed by atoms with E-state index in [9.17, 15) is 27.5 Å². The summed E-state index contributed by atoms with van der Waals surface area (Å²) in [7, 11) is 1.27. The Kier molecular flexibility index (Phi) is 5.77. The molecule has 1 heterocycles. The predicted octanol–water partition coefficient (Wildman–Crippen LogP) is 4.82. The molecule has 0 fully saturated rings. The van der Waals surface area contributed by atoms with E-state index in [4.69, 9.17) is 9.15 Å². The Morgan fingerprint density at radius 3 is 2.53 bits per heavy atom. The lowest BCUT2D eigenvalue weighted by molar-refractivity contribution is -0.138. The quantitative estimate of drug-likeness (QED) is 0.571. The van der Waals surface area contributed by atoms with E-state index in [0.717, 1.165) is 18.2 Å². The topological polar surface area (TPSA) is 85.5 Å². The van der Waals surface area contributed by atoms with Gasteiger partial charge in [-0.2, -0.15) is 13.2 Å². The first-order chi connectivity index (χ1) is 14.1. The number of nitrogens with zero attached hydrogens (tertiary/aromatic N) is 2. The maximum absolute atomic E-state index is 14.5.